The quantitative estimate of drug-likeness (QED) is 0.130. The highest BCUT2D eigenvalue weighted by molar-refractivity contribution is 6.14. The molecule has 4 nitrogen and oxygen atoms in total. The van der Waals surface area contributed by atoms with Gasteiger partial charge in [-0.05, 0) is 76.2 Å². The van der Waals surface area contributed by atoms with Crippen LogP contribution in [0.4, 0.5) is 0 Å². The van der Waals surface area contributed by atoms with E-state index < -0.39 is 0 Å². The van der Waals surface area contributed by atoms with Gasteiger partial charge in [0.05, 0.1) is 5.52 Å². The highest BCUT2D eigenvalue weighted by atomic mass is 15.0. The van der Waals surface area contributed by atoms with E-state index in [9.17, 15) is 0 Å². The summed E-state index contributed by atoms with van der Waals surface area (Å²) in [5.41, 5.74) is 15.1. The highest BCUT2D eigenvalue weighted by Crippen LogP contribution is 2.48. The van der Waals surface area contributed by atoms with Crippen LogP contribution in [-0.4, -0.2) is 19.5 Å². The zero-order valence-corrected chi connectivity index (χ0v) is 34.3. The van der Waals surface area contributed by atoms with Crippen LogP contribution in [0, 0.1) is 0 Å². The Bertz CT molecular complexity index is 3130. The van der Waals surface area contributed by atoms with E-state index in [1.54, 1.807) is 0 Å². The van der Waals surface area contributed by atoms with Crippen molar-refractivity contribution in [2.45, 2.75) is 6.92 Å². The lowest BCUT2D eigenvalue weighted by atomic mass is 9.84. The van der Waals surface area contributed by atoms with Gasteiger partial charge in [0.15, 0.2) is 17.5 Å². The first kappa shape index (κ1) is 38.0. The number of benzene rings is 8. The monoisotopic (exact) mass is 794 g/mol. The van der Waals surface area contributed by atoms with Crippen LogP contribution in [-0.2, 0) is 0 Å². The molecule has 2 aromatic heterocycles. The Morgan fingerprint density at radius 1 is 0.435 bits per heavy atom. The van der Waals surface area contributed by atoms with Crippen molar-refractivity contribution in [2.75, 3.05) is 0 Å². The second kappa shape index (κ2) is 17.2. The van der Waals surface area contributed by atoms with Crippen LogP contribution in [0.2, 0.25) is 0 Å². The zero-order chi connectivity index (χ0) is 41.7. The topological polar surface area (TPSA) is 43.6 Å². The smallest absolute Gasteiger partial charge is 0.164 e. The molecule has 10 aromatic rings. The van der Waals surface area contributed by atoms with Crippen molar-refractivity contribution in [3.63, 3.8) is 0 Å². The standard InChI is InChI=1S/C58H42N4/c1-2-22-46(41-23-9-3-10-24-41)37-49-40-62(50-35-19-8-20-36-50)52-39-51(42-25-11-4-12-26-42)53(43-27-13-5-14-28-43)55(54(49)52)47-33-21-34-48(38-47)58-60-56(44-29-15-6-16-30-44)59-57(61-58)45-31-17-7-18-32-45/h2-40H,1H3/b22-2-,46-37+. The SMILES string of the molecule is C/C=C\C(=C/c1cn(-c2ccccc2)c2cc(-c3ccccc3)c(-c3ccccc3)c(-c3cccc(-c4nc(-c5ccccc5)nc(-c5ccccc5)n4)c3)c12)c1ccccc1. The van der Waals surface area contributed by atoms with E-state index in [0.717, 1.165) is 83.4 Å². The van der Waals surface area contributed by atoms with Gasteiger partial charge in [-0.15, -0.1) is 0 Å². The molecular formula is C58H42N4. The van der Waals surface area contributed by atoms with Gasteiger partial charge in [0.2, 0.25) is 0 Å². The molecule has 62 heavy (non-hydrogen) atoms. The number of hydrogen-bond acceptors (Lipinski definition) is 3. The summed E-state index contributed by atoms with van der Waals surface area (Å²) in [6.45, 7) is 2.08. The zero-order valence-electron chi connectivity index (χ0n) is 34.3. The molecule has 0 saturated heterocycles. The Morgan fingerprint density at radius 2 is 0.903 bits per heavy atom. The summed E-state index contributed by atoms with van der Waals surface area (Å²) >= 11 is 0. The minimum atomic E-state index is 0.609. The van der Waals surface area contributed by atoms with E-state index in [0.29, 0.717) is 17.5 Å². The number of rotatable bonds is 10. The lowest BCUT2D eigenvalue weighted by Gasteiger charge is -2.20. The number of aromatic nitrogens is 4. The lowest BCUT2D eigenvalue weighted by molar-refractivity contribution is 1.07. The molecule has 0 amide bonds. The Hall–Kier alpha value is -8.21. The second-order valence-corrected chi connectivity index (χ2v) is 15.2. The van der Waals surface area contributed by atoms with Crippen molar-refractivity contribution < 1.29 is 0 Å². The molecule has 0 aliphatic carbocycles. The molecule has 0 fully saturated rings. The molecule has 0 radical (unpaired) electrons. The Balaban J connectivity index is 1.32. The van der Waals surface area contributed by atoms with Gasteiger partial charge >= 0.3 is 0 Å². The lowest BCUT2D eigenvalue weighted by Crippen LogP contribution is -2.00. The van der Waals surface area contributed by atoms with E-state index in [4.69, 9.17) is 15.0 Å². The van der Waals surface area contributed by atoms with Crippen molar-refractivity contribution >= 4 is 22.6 Å². The number of hydrogen-bond donors (Lipinski definition) is 0. The number of fused-ring (bicyclic) bond motifs is 1. The van der Waals surface area contributed by atoms with Crippen molar-refractivity contribution in [2.24, 2.45) is 0 Å². The Kier molecular flexibility index (Phi) is 10.5. The van der Waals surface area contributed by atoms with E-state index in [1.165, 1.54) is 0 Å². The molecule has 0 atom stereocenters. The molecule has 2 heterocycles. The first-order valence-corrected chi connectivity index (χ1v) is 21.0. The summed E-state index contributed by atoms with van der Waals surface area (Å²) in [7, 11) is 0. The highest BCUT2D eigenvalue weighted by Gasteiger charge is 2.24. The fraction of sp³-hybridized carbons (Fsp3) is 0.0172. The maximum atomic E-state index is 5.15. The van der Waals surface area contributed by atoms with Crippen molar-refractivity contribution in [1.29, 1.82) is 0 Å². The Morgan fingerprint density at radius 3 is 1.47 bits per heavy atom. The minimum absolute atomic E-state index is 0.609. The molecule has 0 N–H and O–H groups in total. The maximum Gasteiger partial charge on any atom is 0.164 e. The van der Waals surface area contributed by atoms with Gasteiger partial charge in [-0.1, -0.05) is 200 Å². The summed E-state index contributed by atoms with van der Waals surface area (Å²) in [6.07, 6.45) is 8.96. The molecule has 294 valence electrons. The summed E-state index contributed by atoms with van der Waals surface area (Å²) in [5, 5.41) is 1.15. The molecule has 0 bridgehead atoms. The van der Waals surface area contributed by atoms with Gasteiger partial charge in [0.25, 0.3) is 0 Å². The third-order valence-corrected chi connectivity index (χ3v) is 11.2. The summed E-state index contributed by atoms with van der Waals surface area (Å²) in [4.78, 5) is 15.3. The van der Waals surface area contributed by atoms with Crippen LogP contribution in [0.3, 0.4) is 0 Å². The second-order valence-electron chi connectivity index (χ2n) is 15.2. The molecule has 0 spiro atoms. The Labute approximate surface area is 362 Å². The molecular weight excluding hydrogens is 753 g/mol. The summed E-state index contributed by atoms with van der Waals surface area (Å²) in [6, 6.07) is 74.2. The predicted octanol–water partition coefficient (Wildman–Crippen LogP) is 14.9. The molecule has 8 aromatic carbocycles. The number of nitrogens with zero attached hydrogens (tertiary/aromatic N) is 4. The van der Waals surface area contributed by atoms with Gasteiger partial charge in [-0.3, -0.25) is 0 Å². The molecule has 0 saturated carbocycles. The van der Waals surface area contributed by atoms with Gasteiger partial charge in [-0.2, -0.15) is 0 Å². The fourth-order valence-corrected chi connectivity index (χ4v) is 8.33. The van der Waals surface area contributed by atoms with Crippen LogP contribution in [0.15, 0.2) is 231 Å². The van der Waals surface area contributed by atoms with Crippen LogP contribution < -0.4 is 0 Å². The first-order chi connectivity index (χ1) is 30.7. The van der Waals surface area contributed by atoms with E-state index in [1.807, 2.05) is 60.7 Å². The molecule has 0 aliphatic rings. The van der Waals surface area contributed by atoms with Gasteiger partial charge in [0.1, 0.15) is 0 Å². The average Bonchev–Trinajstić information content (AvgIpc) is 3.72. The van der Waals surface area contributed by atoms with E-state index in [2.05, 4.69) is 188 Å². The summed E-state index contributed by atoms with van der Waals surface area (Å²) < 4.78 is 2.35. The van der Waals surface area contributed by atoms with E-state index >= 15 is 0 Å². The first-order valence-electron chi connectivity index (χ1n) is 21.0. The van der Waals surface area contributed by atoms with E-state index in [-0.39, 0.29) is 0 Å². The van der Waals surface area contributed by atoms with Gasteiger partial charge in [-0.25, -0.2) is 15.0 Å². The third-order valence-electron chi connectivity index (χ3n) is 11.2. The third kappa shape index (κ3) is 7.58. The van der Waals surface area contributed by atoms with Crippen LogP contribution in [0.5, 0.6) is 0 Å². The predicted molar refractivity (Wildman–Crippen MR) is 258 cm³/mol. The normalized spacial score (nSPS) is 11.7. The maximum absolute atomic E-state index is 5.15. The molecule has 0 aliphatic heterocycles. The average molecular weight is 795 g/mol. The van der Waals surface area contributed by atoms with Crippen LogP contribution >= 0.6 is 0 Å². The largest absolute Gasteiger partial charge is 0.316 e. The molecule has 10 rings (SSSR count). The van der Waals surface area contributed by atoms with Crippen LogP contribution in [0.25, 0.3) is 95.8 Å². The molecule has 0 unspecified atom stereocenters. The van der Waals surface area contributed by atoms with Gasteiger partial charge in [0, 0.05) is 45.1 Å². The number of para-hydroxylation sites is 1. The minimum Gasteiger partial charge on any atom is -0.316 e. The van der Waals surface area contributed by atoms with Crippen molar-refractivity contribution in [3.05, 3.63) is 242 Å². The number of allylic oxidation sites excluding steroid dienone is 3. The van der Waals surface area contributed by atoms with Crippen molar-refractivity contribution in [3.8, 4) is 73.2 Å². The van der Waals surface area contributed by atoms with Crippen molar-refractivity contribution in [1.82, 2.24) is 19.5 Å². The fourth-order valence-electron chi connectivity index (χ4n) is 8.33. The molecule has 4 heteroatoms. The summed E-state index contributed by atoms with van der Waals surface area (Å²) in [5.74, 6) is 1.86. The van der Waals surface area contributed by atoms with Gasteiger partial charge < -0.3 is 4.57 Å². The van der Waals surface area contributed by atoms with Crippen LogP contribution in [0.1, 0.15) is 18.1 Å².